The van der Waals surface area contributed by atoms with E-state index in [4.69, 9.17) is 9.47 Å². The first-order chi connectivity index (χ1) is 12.5. The third kappa shape index (κ3) is 3.08. The molecule has 4 aliphatic carbocycles. The average Bonchev–Trinajstić information content (AvgIpc) is 2.61. The first kappa shape index (κ1) is 17.4. The van der Waals surface area contributed by atoms with Crippen LogP contribution >= 0.6 is 0 Å². The molecule has 1 amide bonds. The number of anilines is 1. The largest absolute Gasteiger partial charge is 0.495 e. The molecule has 4 aliphatic rings. The second-order valence-corrected chi connectivity index (χ2v) is 8.43. The highest BCUT2D eigenvalue weighted by Gasteiger charge is 2.55. The molecule has 4 fully saturated rings. The normalized spacial score (nSPS) is 32.8. The van der Waals surface area contributed by atoms with E-state index >= 15 is 0 Å². The van der Waals surface area contributed by atoms with Crippen LogP contribution in [0.4, 0.5) is 5.69 Å². The van der Waals surface area contributed by atoms with Crippen LogP contribution in [0.25, 0.3) is 0 Å². The van der Waals surface area contributed by atoms with Crippen molar-refractivity contribution in [1.29, 1.82) is 0 Å². The van der Waals surface area contributed by atoms with Crippen LogP contribution in [-0.4, -0.2) is 25.1 Å². The van der Waals surface area contributed by atoms with Crippen molar-refractivity contribution in [2.75, 3.05) is 12.4 Å². The van der Waals surface area contributed by atoms with Gasteiger partial charge in [-0.1, -0.05) is 12.1 Å². The monoisotopic (exact) mass is 357 g/mol. The summed E-state index contributed by atoms with van der Waals surface area (Å²) in [5.41, 5.74) is 0.242. The van der Waals surface area contributed by atoms with Gasteiger partial charge >= 0.3 is 5.97 Å². The number of carbonyl (C=O) groups excluding carboxylic acids is 2. The first-order valence-corrected chi connectivity index (χ1v) is 9.64. The van der Waals surface area contributed by atoms with Crippen LogP contribution in [0.2, 0.25) is 0 Å². The molecule has 1 N–H and O–H groups in total. The molecule has 0 unspecified atom stereocenters. The minimum atomic E-state index is -0.819. The van der Waals surface area contributed by atoms with Gasteiger partial charge in [0.25, 0.3) is 5.91 Å². The minimum Gasteiger partial charge on any atom is -0.495 e. The van der Waals surface area contributed by atoms with Gasteiger partial charge in [0.15, 0.2) is 6.10 Å². The third-order valence-corrected chi connectivity index (χ3v) is 6.49. The van der Waals surface area contributed by atoms with Crippen LogP contribution in [0.15, 0.2) is 24.3 Å². The maximum Gasteiger partial charge on any atom is 0.312 e. The van der Waals surface area contributed by atoms with E-state index in [0.717, 1.165) is 19.3 Å². The average molecular weight is 357 g/mol. The van der Waals surface area contributed by atoms with Gasteiger partial charge in [0.1, 0.15) is 5.75 Å². The number of esters is 1. The smallest absolute Gasteiger partial charge is 0.312 e. The van der Waals surface area contributed by atoms with E-state index in [9.17, 15) is 9.59 Å². The molecular weight excluding hydrogens is 330 g/mol. The number of methoxy groups -OCH3 is 1. The van der Waals surface area contributed by atoms with E-state index < -0.39 is 6.10 Å². The molecule has 5 nitrogen and oxygen atoms in total. The Hall–Kier alpha value is -2.04. The second-order valence-electron chi connectivity index (χ2n) is 8.43. The van der Waals surface area contributed by atoms with Gasteiger partial charge in [-0.3, -0.25) is 9.59 Å². The molecule has 0 spiro atoms. The molecule has 0 aromatic heterocycles. The van der Waals surface area contributed by atoms with E-state index in [1.54, 1.807) is 26.2 Å². The van der Waals surface area contributed by atoms with Gasteiger partial charge in [0.2, 0.25) is 0 Å². The highest BCUT2D eigenvalue weighted by atomic mass is 16.5. The van der Waals surface area contributed by atoms with E-state index in [-0.39, 0.29) is 17.3 Å². The molecule has 140 valence electrons. The number of hydrogen-bond acceptors (Lipinski definition) is 4. The van der Waals surface area contributed by atoms with Gasteiger partial charge in [0, 0.05) is 0 Å². The van der Waals surface area contributed by atoms with Crippen molar-refractivity contribution in [3.63, 3.8) is 0 Å². The Bertz CT molecular complexity index is 678. The van der Waals surface area contributed by atoms with Gasteiger partial charge in [-0.25, -0.2) is 0 Å². The fourth-order valence-corrected chi connectivity index (χ4v) is 5.68. The van der Waals surface area contributed by atoms with E-state index in [2.05, 4.69) is 5.32 Å². The lowest BCUT2D eigenvalue weighted by atomic mass is 9.49. The molecule has 1 aromatic carbocycles. The van der Waals surface area contributed by atoms with E-state index in [1.165, 1.54) is 19.3 Å². The van der Waals surface area contributed by atoms with Crippen molar-refractivity contribution in [2.24, 2.45) is 23.2 Å². The summed E-state index contributed by atoms with van der Waals surface area (Å²) in [6.45, 7) is 1.64. The number of amides is 1. The number of para-hydroxylation sites is 2. The first-order valence-electron chi connectivity index (χ1n) is 9.64. The molecule has 1 atom stereocenters. The Morgan fingerprint density at radius 2 is 1.65 bits per heavy atom. The van der Waals surface area contributed by atoms with Gasteiger partial charge in [-0.05, 0) is 75.3 Å². The number of hydrogen-bond donors (Lipinski definition) is 1. The summed E-state index contributed by atoms with van der Waals surface area (Å²) in [4.78, 5) is 25.5. The van der Waals surface area contributed by atoms with Crippen molar-refractivity contribution in [2.45, 2.75) is 51.6 Å². The highest BCUT2D eigenvalue weighted by molar-refractivity contribution is 5.96. The molecule has 0 saturated heterocycles. The SMILES string of the molecule is COc1ccccc1NC(=O)[C@H](C)OC(=O)C12CC3CC(CC(C3)C1)C2. The number of rotatable bonds is 5. The Labute approximate surface area is 154 Å². The van der Waals surface area contributed by atoms with Crippen molar-refractivity contribution in [1.82, 2.24) is 0 Å². The Morgan fingerprint density at radius 1 is 1.08 bits per heavy atom. The zero-order valence-electron chi connectivity index (χ0n) is 15.5. The fourth-order valence-electron chi connectivity index (χ4n) is 5.68. The van der Waals surface area contributed by atoms with Crippen LogP contribution in [0.5, 0.6) is 5.75 Å². The Morgan fingerprint density at radius 3 is 2.23 bits per heavy atom. The molecule has 0 radical (unpaired) electrons. The summed E-state index contributed by atoms with van der Waals surface area (Å²) in [6.07, 6.45) is 5.83. The van der Waals surface area contributed by atoms with Gasteiger partial charge < -0.3 is 14.8 Å². The summed E-state index contributed by atoms with van der Waals surface area (Å²) < 4.78 is 10.9. The maximum atomic E-state index is 13.0. The van der Waals surface area contributed by atoms with Crippen LogP contribution in [0.3, 0.4) is 0 Å². The minimum absolute atomic E-state index is 0.167. The molecule has 0 aliphatic heterocycles. The summed E-state index contributed by atoms with van der Waals surface area (Å²) in [6, 6.07) is 7.21. The summed E-state index contributed by atoms with van der Waals surface area (Å²) >= 11 is 0. The molecule has 5 rings (SSSR count). The lowest BCUT2D eigenvalue weighted by Gasteiger charge is -2.55. The van der Waals surface area contributed by atoms with Crippen LogP contribution in [0.1, 0.15) is 45.4 Å². The quantitative estimate of drug-likeness (QED) is 0.815. The summed E-state index contributed by atoms with van der Waals surface area (Å²) in [5.74, 6) is 2.11. The van der Waals surface area contributed by atoms with E-state index in [1.807, 2.05) is 12.1 Å². The van der Waals surface area contributed by atoms with Crippen molar-refractivity contribution in [3.05, 3.63) is 24.3 Å². The zero-order valence-corrected chi connectivity index (χ0v) is 15.5. The Balaban J connectivity index is 1.40. The summed E-state index contributed by atoms with van der Waals surface area (Å²) in [7, 11) is 1.56. The van der Waals surface area contributed by atoms with Gasteiger partial charge in [-0.15, -0.1) is 0 Å². The van der Waals surface area contributed by atoms with Crippen LogP contribution < -0.4 is 10.1 Å². The number of ether oxygens (including phenoxy) is 2. The number of nitrogens with one attached hydrogen (secondary N) is 1. The summed E-state index contributed by atoms with van der Waals surface area (Å²) in [5, 5.41) is 2.80. The fraction of sp³-hybridized carbons (Fsp3) is 0.619. The van der Waals surface area contributed by atoms with Crippen molar-refractivity contribution < 1.29 is 19.1 Å². The molecule has 26 heavy (non-hydrogen) atoms. The maximum absolute atomic E-state index is 13.0. The lowest BCUT2D eigenvalue weighted by Crippen LogP contribution is -2.51. The van der Waals surface area contributed by atoms with Gasteiger partial charge in [-0.2, -0.15) is 0 Å². The predicted molar refractivity (Wildman–Crippen MR) is 97.8 cm³/mol. The van der Waals surface area contributed by atoms with Crippen molar-refractivity contribution in [3.8, 4) is 5.75 Å². The zero-order chi connectivity index (χ0) is 18.3. The second kappa shape index (κ2) is 6.60. The predicted octanol–water partition coefficient (Wildman–Crippen LogP) is 3.78. The molecular formula is C21H27NO4. The molecule has 5 heteroatoms. The Kier molecular flexibility index (Phi) is 4.41. The number of carbonyl (C=O) groups is 2. The molecule has 1 aromatic rings. The molecule has 4 saturated carbocycles. The van der Waals surface area contributed by atoms with Crippen LogP contribution in [0, 0.1) is 23.2 Å². The standard InChI is InChI=1S/C21H27NO4/c1-13(19(23)22-17-5-3-4-6-18(17)25-2)26-20(24)21-10-14-7-15(11-21)9-16(8-14)12-21/h3-6,13-16H,7-12H2,1-2H3,(H,22,23)/t13-,14?,15?,16?,21?/m0/s1. The topological polar surface area (TPSA) is 64.6 Å². The van der Waals surface area contributed by atoms with Crippen molar-refractivity contribution >= 4 is 17.6 Å². The highest BCUT2D eigenvalue weighted by Crippen LogP contribution is 2.60. The molecule has 4 bridgehead atoms. The lowest BCUT2D eigenvalue weighted by molar-refractivity contribution is -0.177. The van der Waals surface area contributed by atoms with Gasteiger partial charge in [0.05, 0.1) is 18.2 Å². The van der Waals surface area contributed by atoms with E-state index in [0.29, 0.717) is 29.2 Å². The van der Waals surface area contributed by atoms with Crippen LogP contribution in [-0.2, 0) is 14.3 Å². The number of benzene rings is 1. The third-order valence-electron chi connectivity index (χ3n) is 6.49. The molecule has 0 heterocycles.